The van der Waals surface area contributed by atoms with Crippen molar-refractivity contribution in [1.82, 2.24) is 5.32 Å². The summed E-state index contributed by atoms with van der Waals surface area (Å²) in [6.45, 7) is 2.32. The number of carbonyl (C=O) groups is 1. The molecule has 2 rings (SSSR count). The van der Waals surface area contributed by atoms with E-state index in [2.05, 4.69) is 26.6 Å². The lowest BCUT2D eigenvalue weighted by Gasteiger charge is -2.14. The van der Waals surface area contributed by atoms with Crippen molar-refractivity contribution in [2.75, 3.05) is 11.9 Å². The fourth-order valence-electron chi connectivity index (χ4n) is 1.87. The highest BCUT2D eigenvalue weighted by Gasteiger charge is 2.08. The minimum absolute atomic E-state index is 0.0435. The summed E-state index contributed by atoms with van der Waals surface area (Å²) in [6.07, 6.45) is 0. The molecule has 0 unspecified atom stereocenters. The Morgan fingerprint density at radius 2 is 1.90 bits per heavy atom. The van der Waals surface area contributed by atoms with Gasteiger partial charge in [0.1, 0.15) is 0 Å². The number of anilines is 1. The first kappa shape index (κ1) is 14.8. The molecule has 0 bridgehead atoms. The maximum absolute atomic E-state index is 11.8. The van der Waals surface area contributed by atoms with E-state index in [-0.39, 0.29) is 18.5 Å². The average molecular weight is 333 g/mol. The van der Waals surface area contributed by atoms with Crippen LogP contribution in [0.5, 0.6) is 0 Å². The van der Waals surface area contributed by atoms with Crippen LogP contribution in [-0.4, -0.2) is 12.5 Å². The van der Waals surface area contributed by atoms with Crippen LogP contribution in [0.15, 0.2) is 59.1 Å². The van der Waals surface area contributed by atoms with Crippen molar-refractivity contribution in [1.29, 1.82) is 0 Å². The Balaban J connectivity index is 1.84. The fourth-order valence-corrected chi connectivity index (χ4v) is 2.28. The number of nitrogens with one attached hydrogen (secondary N) is 2. The lowest BCUT2D eigenvalue weighted by atomic mass is 10.1. The van der Waals surface area contributed by atoms with Gasteiger partial charge in [-0.2, -0.15) is 0 Å². The first-order chi connectivity index (χ1) is 9.65. The third kappa shape index (κ3) is 4.47. The summed E-state index contributed by atoms with van der Waals surface area (Å²) in [7, 11) is 0. The Morgan fingerprint density at radius 1 is 1.15 bits per heavy atom. The molecule has 20 heavy (non-hydrogen) atoms. The van der Waals surface area contributed by atoms with Crippen LogP contribution in [-0.2, 0) is 4.79 Å². The molecule has 0 spiro atoms. The summed E-state index contributed by atoms with van der Waals surface area (Å²) >= 11 is 3.45. The van der Waals surface area contributed by atoms with Gasteiger partial charge in [0.15, 0.2) is 0 Å². The molecule has 3 nitrogen and oxygen atoms in total. The number of benzene rings is 2. The number of para-hydroxylation sites is 1. The highest BCUT2D eigenvalue weighted by atomic mass is 79.9. The van der Waals surface area contributed by atoms with E-state index in [4.69, 9.17) is 0 Å². The van der Waals surface area contributed by atoms with Gasteiger partial charge in [0, 0.05) is 16.2 Å². The quantitative estimate of drug-likeness (QED) is 0.875. The lowest BCUT2D eigenvalue weighted by Crippen LogP contribution is -2.30. The van der Waals surface area contributed by atoms with Gasteiger partial charge < -0.3 is 10.6 Å². The highest BCUT2D eigenvalue weighted by molar-refractivity contribution is 9.10. The van der Waals surface area contributed by atoms with Gasteiger partial charge in [-0.25, -0.2) is 0 Å². The summed E-state index contributed by atoms with van der Waals surface area (Å²) in [5.41, 5.74) is 1.96. The summed E-state index contributed by atoms with van der Waals surface area (Å²) in [4.78, 5) is 11.8. The summed E-state index contributed by atoms with van der Waals surface area (Å²) in [6, 6.07) is 17.6. The van der Waals surface area contributed by atoms with E-state index in [1.54, 1.807) is 0 Å². The van der Waals surface area contributed by atoms with E-state index < -0.39 is 0 Å². The zero-order chi connectivity index (χ0) is 14.4. The molecule has 0 saturated carbocycles. The molecule has 0 heterocycles. The number of rotatable bonds is 5. The number of carbonyl (C=O) groups excluding carboxylic acids is 1. The second-order valence-electron chi connectivity index (χ2n) is 4.57. The maximum atomic E-state index is 11.8. The van der Waals surface area contributed by atoms with Crippen molar-refractivity contribution in [3.63, 3.8) is 0 Å². The molecule has 0 aliphatic heterocycles. The van der Waals surface area contributed by atoms with Gasteiger partial charge in [-0.05, 0) is 36.8 Å². The van der Waals surface area contributed by atoms with Gasteiger partial charge in [-0.3, -0.25) is 4.79 Å². The molecule has 1 amide bonds. The van der Waals surface area contributed by atoms with Crippen LogP contribution in [0.25, 0.3) is 0 Å². The predicted octanol–water partition coefficient (Wildman–Crippen LogP) is 3.74. The van der Waals surface area contributed by atoms with Crippen molar-refractivity contribution < 1.29 is 4.79 Å². The molecule has 0 fully saturated rings. The molecular formula is C16H17BrN2O. The Bertz CT molecular complexity index is 572. The van der Waals surface area contributed by atoms with Crippen molar-refractivity contribution in [2.24, 2.45) is 0 Å². The molecule has 2 N–H and O–H groups in total. The molecule has 2 aromatic carbocycles. The van der Waals surface area contributed by atoms with Gasteiger partial charge >= 0.3 is 0 Å². The lowest BCUT2D eigenvalue weighted by molar-refractivity contribution is -0.115. The van der Waals surface area contributed by atoms with E-state index >= 15 is 0 Å². The Morgan fingerprint density at radius 3 is 2.60 bits per heavy atom. The van der Waals surface area contributed by atoms with Gasteiger partial charge in [0.2, 0.25) is 5.91 Å². The largest absolute Gasteiger partial charge is 0.325 e. The summed E-state index contributed by atoms with van der Waals surface area (Å²) < 4.78 is 1.04. The molecule has 104 valence electrons. The van der Waals surface area contributed by atoms with E-state index in [0.29, 0.717) is 0 Å². The van der Waals surface area contributed by atoms with Crippen molar-refractivity contribution in [3.05, 3.63) is 64.6 Å². The summed E-state index contributed by atoms with van der Waals surface area (Å²) in [5, 5.41) is 6.06. The Hall–Kier alpha value is -1.65. The van der Waals surface area contributed by atoms with Crippen LogP contribution in [0, 0.1) is 0 Å². The maximum Gasteiger partial charge on any atom is 0.238 e. The normalized spacial score (nSPS) is 11.9. The van der Waals surface area contributed by atoms with E-state index in [9.17, 15) is 4.79 Å². The van der Waals surface area contributed by atoms with Crippen LogP contribution in [0.1, 0.15) is 18.5 Å². The van der Waals surface area contributed by atoms with Gasteiger partial charge in [0.05, 0.1) is 6.54 Å². The molecule has 0 aliphatic rings. The molecule has 2 aromatic rings. The fraction of sp³-hybridized carbons (Fsp3) is 0.188. The van der Waals surface area contributed by atoms with Crippen molar-refractivity contribution >= 4 is 27.5 Å². The number of halogens is 1. The minimum atomic E-state index is -0.0435. The smallest absolute Gasteiger partial charge is 0.238 e. The molecule has 0 saturated heterocycles. The molecule has 0 radical (unpaired) electrons. The van der Waals surface area contributed by atoms with Gasteiger partial charge in [-0.1, -0.05) is 46.3 Å². The number of amides is 1. The van der Waals surface area contributed by atoms with E-state index in [1.165, 1.54) is 0 Å². The third-order valence-corrected chi connectivity index (χ3v) is 3.47. The van der Waals surface area contributed by atoms with Crippen LogP contribution in [0.4, 0.5) is 5.69 Å². The number of hydrogen-bond donors (Lipinski definition) is 2. The monoisotopic (exact) mass is 332 g/mol. The first-order valence-corrected chi connectivity index (χ1v) is 7.28. The molecule has 0 aromatic heterocycles. The zero-order valence-electron chi connectivity index (χ0n) is 11.3. The Labute approximate surface area is 127 Å². The molecule has 1 atom stereocenters. The van der Waals surface area contributed by atoms with Gasteiger partial charge in [-0.15, -0.1) is 0 Å². The van der Waals surface area contributed by atoms with E-state index in [0.717, 1.165) is 15.7 Å². The second kappa shape index (κ2) is 7.22. The number of hydrogen-bond acceptors (Lipinski definition) is 2. The minimum Gasteiger partial charge on any atom is -0.325 e. The third-order valence-electron chi connectivity index (χ3n) is 2.98. The second-order valence-corrected chi connectivity index (χ2v) is 5.49. The topological polar surface area (TPSA) is 41.1 Å². The van der Waals surface area contributed by atoms with Gasteiger partial charge in [0.25, 0.3) is 0 Å². The molecule has 0 aliphatic carbocycles. The first-order valence-electron chi connectivity index (χ1n) is 6.49. The highest BCUT2D eigenvalue weighted by Crippen LogP contribution is 2.17. The SMILES string of the molecule is C[C@H](NCC(=O)Nc1ccccc1)c1cccc(Br)c1. The van der Waals surface area contributed by atoms with Crippen LogP contribution in [0.2, 0.25) is 0 Å². The van der Waals surface area contributed by atoms with Crippen molar-refractivity contribution in [3.8, 4) is 0 Å². The van der Waals surface area contributed by atoms with E-state index in [1.807, 2.05) is 61.5 Å². The molecular weight excluding hydrogens is 316 g/mol. The predicted molar refractivity (Wildman–Crippen MR) is 85.6 cm³/mol. The molecule has 4 heteroatoms. The standard InChI is InChI=1S/C16H17BrN2O/c1-12(13-6-5-7-14(17)10-13)18-11-16(20)19-15-8-3-2-4-9-15/h2-10,12,18H,11H2,1H3,(H,19,20)/t12-/m0/s1. The average Bonchev–Trinajstić information content (AvgIpc) is 2.46. The Kier molecular flexibility index (Phi) is 5.32. The zero-order valence-corrected chi connectivity index (χ0v) is 12.9. The summed E-state index contributed by atoms with van der Waals surface area (Å²) in [5.74, 6) is -0.0435. The van der Waals surface area contributed by atoms with Crippen LogP contribution in [0.3, 0.4) is 0 Å². The van der Waals surface area contributed by atoms with Crippen molar-refractivity contribution in [2.45, 2.75) is 13.0 Å². The van der Waals surface area contributed by atoms with Crippen LogP contribution < -0.4 is 10.6 Å². The van der Waals surface area contributed by atoms with Crippen LogP contribution >= 0.6 is 15.9 Å².